The maximum absolute atomic E-state index is 12.6. The van der Waals surface area contributed by atoms with Crippen LogP contribution in [0.25, 0.3) is 0 Å². The van der Waals surface area contributed by atoms with Gasteiger partial charge in [0.1, 0.15) is 0 Å². The number of fused-ring (bicyclic) bond motifs is 1. The minimum atomic E-state index is -1.15. The number of aryl methyl sites for hydroxylation is 1. The van der Waals surface area contributed by atoms with Crippen LogP contribution in [0.15, 0.2) is 30.6 Å². The number of carbonyl (C=O) groups excluding carboxylic acids is 1. The molecule has 2 heterocycles. The monoisotopic (exact) mass is 327 g/mol. The molecule has 3 rings (SSSR count). The molecule has 0 unspecified atom stereocenters. The highest BCUT2D eigenvalue weighted by Gasteiger charge is 2.28. The zero-order chi connectivity index (χ0) is 17.5. The van der Waals surface area contributed by atoms with E-state index in [4.69, 9.17) is 0 Å². The molecule has 24 heavy (non-hydrogen) atoms. The van der Waals surface area contributed by atoms with Gasteiger partial charge in [-0.1, -0.05) is 39.0 Å². The van der Waals surface area contributed by atoms with Crippen LogP contribution in [0.4, 0.5) is 0 Å². The first-order valence-corrected chi connectivity index (χ1v) is 8.33. The van der Waals surface area contributed by atoms with Crippen molar-refractivity contribution in [2.75, 3.05) is 6.54 Å². The quantitative estimate of drug-likeness (QED) is 0.921. The number of hydrogen-bond donors (Lipinski definition) is 1. The predicted octanol–water partition coefficient (Wildman–Crippen LogP) is 2.34. The topological polar surface area (TPSA) is 58.4 Å². The number of aromatic nitrogens is 2. The molecule has 1 amide bonds. The van der Waals surface area contributed by atoms with Crippen LogP contribution in [-0.4, -0.2) is 32.2 Å². The van der Waals surface area contributed by atoms with E-state index in [1.807, 2.05) is 0 Å². The van der Waals surface area contributed by atoms with E-state index in [9.17, 15) is 9.90 Å². The van der Waals surface area contributed by atoms with E-state index in [2.05, 4.69) is 44.1 Å². The molecule has 0 saturated carbocycles. The largest absolute Gasteiger partial charge is 0.378 e. The van der Waals surface area contributed by atoms with Gasteiger partial charge < -0.3 is 10.0 Å². The van der Waals surface area contributed by atoms with Crippen molar-refractivity contribution in [2.24, 2.45) is 7.05 Å². The summed E-state index contributed by atoms with van der Waals surface area (Å²) in [6.07, 6.45) is 2.90. The summed E-state index contributed by atoms with van der Waals surface area (Å²) in [6.45, 7) is 7.75. The first-order valence-electron chi connectivity index (χ1n) is 8.33. The maximum Gasteiger partial charge on any atom is 0.256 e. The Morgan fingerprint density at radius 3 is 2.67 bits per heavy atom. The fraction of sp³-hybridized carbons (Fsp3) is 0.474. The Morgan fingerprint density at radius 2 is 2.04 bits per heavy atom. The molecule has 5 heteroatoms. The third kappa shape index (κ3) is 3.22. The smallest absolute Gasteiger partial charge is 0.256 e. The van der Waals surface area contributed by atoms with E-state index in [-0.39, 0.29) is 11.3 Å². The molecule has 1 N–H and O–H groups in total. The van der Waals surface area contributed by atoms with E-state index in [0.29, 0.717) is 18.7 Å². The van der Waals surface area contributed by atoms with Gasteiger partial charge in [-0.2, -0.15) is 5.10 Å². The fourth-order valence-electron chi connectivity index (χ4n) is 3.11. The number of rotatable bonds is 2. The summed E-state index contributed by atoms with van der Waals surface area (Å²) < 4.78 is 1.59. The van der Waals surface area contributed by atoms with Crippen LogP contribution in [0.5, 0.6) is 0 Å². The predicted molar refractivity (Wildman–Crippen MR) is 92.4 cm³/mol. The molecule has 1 aliphatic heterocycles. The van der Waals surface area contributed by atoms with Crippen molar-refractivity contribution in [3.05, 3.63) is 52.8 Å². The van der Waals surface area contributed by atoms with Crippen molar-refractivity contribution in [1.82, 2.24) is 14.7 Å². The summed E-state index contributed by atoms with van der Waals surface area (Å²) in [6, 6.07) is 6.56. The second-order valence-corrected chi connectivity index (χ2v) is 7.59. The van der Waals surface area contributed by atoms with Gasteiger partial charge in [-0.05, 0) is 28.5 Å². The van der Waals surface area contributed by atoms with E-state index < -0.39 is 6.10 Å². The highest BCUT2D eigenvalue weighted by molar-refractivity contribution is 5.82. The molecule has 128 valence electrons. The van der Waals surface area contributed by atoms with Gasteiger partial charge in [-0.3, -0.25) is 9.48 Å². The fourth-order valence-corrected chi connectivity index (χ4v) is 3.11. The second kappa shape index (κ2) is 6.06. The zero-order valence-corrected chi connectivity index (χ0v) is 14.8. The van der Waals surface area contributed by atoms with Gasteiger partial charge in [0.05, 0.1) is 6.20 Å². The lowest BCUT2D eigenvalue weighted by Gasteiger charge is -2.31. The van der Waals surface area contributed by atoms with E-state index >= 15 is 0 Å². The Hall–Kier alpha value is -2.14. The van der Waals surface area contributed by atoms with Gasteiger partial charge >= 0.3 is 0 Å². The molecular formula is C19H25N3O2. The van der Waals surface area contributed by atoms with Crippen LogP contribution in [0.2, 0.25) is 0 Å². The van der Waals surface area contributed by atoms with Crippen LogP contribution in [0, 0.1) is 0 Å². The molecular weight excluding hydrogens is 302 g/mol. The SMILES string of the molecule is Cn1cc([C@H](O)C(=O)N2CCc3ccc(C(C)(C)C)cc3C2)cn1. The van der Waals surface area contributed by atoms with Crippen molar-refractivity contribution in [2.45, 2.75) is 45.3 Å². The summed E-state index contributed by atoms with van der Waals surface area (Å²) in [5.41, 5.74) is 4.36. The zero-order valence-electron chi connectivity index (χ0n) is 14.8. The number of aliphatic hydroxyl groups excluding tert-OH is 1. The lowest BCUT2D eigenvalue weighted by Crippen LogP contribution is -2.39. The molecule has 1 aliphatic rings. The van der Waals surface area contributed by atoms with Gasteiger partial charge in [-0.25, -0.2) is 0 Å². The van der Waals surface area contributed by atoms with E-state index in [0.717, 1.165) is 6.42 Å². The van der Waals surface area contributed by atoms with Crippen molar-refractivity contribution in [3.63, 3.8) is 0 Å². The Balaban J connectivity index is 1.80. The van der Waals surface area contributed by atoms with Crippen LogP contribution in [-0.2, 0) is 30.2 Å². The molecule has 0 radical (unpaired) electrons. The van der Waals surface area contributed by atoms with Gasteiger partial charge in [0.15, 0.2) is 6.10 Å². The minimum Gasteiger partial charge on any atom is -0.378 e. The molecule has 0 bridgehead atoms. The van der Waals surface area contributed by atoms with Gasteiger partial charge in [0.2, 0.25) is 0 Å². The molecule has 0 spiro atoms. The third-order valence-corrected chi connectivity index (χ3v) is 4.67. The number of hydrogen-bond acceptors (Lipinski definition) is 3. The molecule has 1 aromatic heterocycles. The van der Waals surface area contributed by atoms with E-state index in [1.165, 1.54) is 22.9 Å². The second-order valence-electron chi connectivity index (χ2n) is 7.59. The van der Waals surface area contributed by atoms with Crippen LogP contribution in [0.1, 0.15) is 49.1 Å². The lowest BCUT2D eigenvalue weighted by molar-refractivity contribution is -0.141. The Kier molecular flexibility index (Phi) is 4.22. The number of benzene rings is 1. The summed E-state index contributed by atoms with van der Waals surface area (Å²) in [4.78, 5) is 14.4. The Bertz CT molecular complexity index is 758. The average Bonchev–Trinajstić information content (AvgIpc) is 2.98. The summed E-state index contributed by atoms with van der Waals surface area (Å²) in [7, 11) is 1.77. The molecule has 0 aliphatic carbocycles. The summed E-state index contributed by atoms with van der Waals surface area (Å²) >= 11 is 0. The van der Waals surface area contributed by atoms with Crippen molar-refractivity contribution < 1.29 is 9.90 Å². The van der Waals surface area contributed by atoms with Gasteiger partial charge in [0, 0.05) is 31.9 Å². The molecule has 2 aromatic rings. The number of amides is 1. The van der Waals surface area contributed by atoms with Crippen LogP contribution >= 0.6 is 0 Å². The molecule has 5 nitrogen and oxygen atoms in total. The van der Waals surface area contributed by atoms with Crippen LogP contribution in [0.3, 0.4) is 0 Å². The molecule has 0 saturated heterocycles. The maximum atomic E-state index is 12.6. The number of carbonyl (C=O) groups is 1. The Morgan fingerprint density at radius 1 is 1.29 bits per heavy atom. The first-order chi connectivity index (χ1) is 11.3. The van der Waals surface area contributed by atoms with Gasteiger partial charge in [0.25, 0.3) is 5.91 Å². The van der Waals surface area contributed by atoms with Crippen LogP contribution < -0.4 is 0 Å². The highest BCUT2D eigenvalue weighted by Crippen LogP contribution is 2.28. The van der Waals surface area contributed by atoms with E-state index in [1.54, 1.807) is 22.8 Å². The Labute approximate surface area is 142 Å². The van der Waals surface area contributed by atoms with Crippen molar-refractivity contribution in [1.29, 1.82) is 0 Å². The number of nitrogens with zero attached hydrogens (tertiary/aromatic N) is 3. The summed E-state index contributed by atoms with van der Waals surface area (Å²) in [5.74, 6) is -0.255. The van der Waals surface area contributed by atoms with Crippen molar-refractivity contribution >= 4 is 5.91 Å². The lowest BCUT2D eigenvalue weighted by atomic mass is 9.84. The minimum absolute atomic E-state index is 0.0799. The van der Waals surface area contributed by atoms with Gasteiger partial charge in [-0.15, -0.1) is 0 Å². The standard InChI is InChI=1S/C19H25N3O2/c1-19(2,3)16-6-5-13-7-8-22(12-14(13)9-16)18(24)17(23)15-10-20-21(4)11-15/h5-6,9-11,17,23H,7-8,12H2,1-4H3/t17-/m0/s1. The normalized spacial score (nSPS) is 16.0. The van der Waals surface area contributed by atoms with Crippen molar-refractivity contribution in [3.8, 4) is 0 Å². The molecule has 1 aromatic carbocycles. The first kappa shape index (κ1) is 16.7. The molecule has 1 atom stereocenters. The number of aliphatic hydroxyl groups is 1. The average molecular weight is 327 g/mol. The highest BCUT2D eigenvalue weighted by atomic mass is 16.3. The summed E-state index contributed by atoms with van der Waals surface area (Å²) in [5, 5.41) is 14.4. The molecule has 0 fully saturated rings. The third-order valence-electron chi connectivity index (χ3n) is 4.67.